The number of hydrogen-bond donors (Lipinski definition) is 0. The van der Waals surface area contributed by atoms with Crippen molar-refractivity contribution in [3.63, 3.8) is 0 Å². The first kappa shape index (κ1) is 14.3. The number of pyridine rings is 1. The Morgan fingerprint density at radius 3 is 2.75 bits per heavy atom. The molecule has 0 saturated carbocycles. The Kier molecular flexibility index (Phi) is 3.94. The molecule has 2 rings (SSSR count). The van der Waals surface area contributed by atoms with Gasteiger partial charge in [-0.25, -0.2) is 9.78 Å². The van der Waals surface area contributed by atoms with E-state index in [1.165, 1.54) is 18.1 Å². The van der Waals surface area contributed by atoms with Gasteiger partial charge in [0.2, 0.25) is 5.91 Å². The molecule has 0 aliphatic heterocycles. The molecule has 0 unspecified atom stereocenters. The number of esters is 1. The molecule has 0 radical (unpaired) electrons. The highest BCUT2D eigenvalue weighted by Gasteiger charge is 2.17. The van der Waals surface area contributed by atoms with Crippen LogP contribution in [0, 0.1) is 0 Å². The zero-order valence-electron chi connectivity index (χ0n) is 11.4. The molecule has 0 spiro atoms. The zero-order chi connectivity index (χ0) is 14.9. The molecule has 2 aromatic heterocycles. The number of likely N-dealkylation sites (N-methyl/N-ethyl adjacent to an activating group) is 1. The van der Waals surface area contributed by atoms with Crippen LogP contribution in [-0.4, -0.2) is 47.5 Å². The van der Waals surface area contributed by atoms with Gasteiger partial charge in [-0.1, -0.05) is 11.6 Å². The Labute approximate surface area is 120 Å². The summed E-state index contributed by atoms with van der Waals surface area (Å²) in [4.78, 5) is 29.2. The lowest BCUT2D eigenvalue weighted by molar-refractivity contribution is -0.129. The Balaban J connectivity index is 2.53. The third-order valence-electron chi connectivity index (χ3n) is 2.91. The largest absolute Gasteiger partial charge is 0.465 e. The lowest BCUT2D eigenvalue weighted by atomic mass is 10.2. The molecule has 6 nitrogen and oxygen atoms in total. The van der Waals surface area contributed by atoms with Gasteiger partial charge in [-0.15, -0.1) is 0 Å². The molecule has 0 aliphatic carbocycles. The fourth-order valence-corrected chi connectivity index (χ4v) is 2.01. The van der Waals surface area contributed by atoms with Gasteiger partial charge in [0.05, 0.1) is 12.7 Å². The number of aromatic nitrogens is 2. The summed E-state index contributed by atoms with van der Waals surface area (Å²) in [5.74, 6) is -0.570. The van der Waals surface area contributed by atoms with E-state index in [9.17, 15) is 9.59 Å². The minimum Gasteiger partial charge on any atom is -0.465 e. The molecule has 0 atom stereocenters. The van der Waals surface area contributed by atoms with Crippen LogP contribution in [-0.2, 0) is 16.1 Å². The Morgan fingerprint density at radius 1 is 1.45 bits per heavy atom. The molecule has 0 aromatic carbocycles. The molecule has 20 heavy (non-hydrogen) atoms. The molecular formula is C13H14ClN3O3. The number of halogens is 1. The Hall–Kier alpha value is -2.08. The molecule has 106 valence electrons. The normalized spacial score (nSPS) is 10.6. The second-order valence-corrected chi connectivity index (χ2v) is 4.84. The molecule has 0 aliphatic rings. The van der Waals surface area contributed by atoms with Gasteiger partial charge in [0.15, 0.2) is 0 Å². The number of nitrogens with zero attached hydrogens (tertiary/aromatic N) is 3. The van der Waals surface area contributed by atoms with E-state index in [0.717, 1.165) is 0 Å². The second-order valence-electron chi connectivity index (χ2n) is 4.45. The number of amides is 1. The number of methoxy groups -OCH3 is 1. The summed E-state index contributed by atoms with van der Waals surface area (Å²) in [6.45, 7) is 0.129. The topological polar surface area (TPSA) is 64.4 Å². The van der Waals surface area contributed by atoms with Gasteiger partial charge in [-0.3, -0.25) is 4.79 Å². The summed E-state index contributed by atoms with van der Waals surface area (Å²) in [6, 6.07) is 3.17. The minimum absolute atomic E-state index is 0.0797. The van der Waals surface area contributed by atoms with E-state index in [0.29, 0.717) is 16.6 Å². The Bertz CT molecular complexity index is 679. The SMILES string of the molecule is COC(=O)c1cc(Cl)nc2c1ccn2CC(=O)N(C)C. The predicted octanol–water partition coefficient (Wildman–Crippen LogP) is 1.56. The van der Waals surface area contributed by atoms with E-state index in [-0.39, 0.29) is 17.6 Å². The number of hydrogen-bond acceptors (Lipinski definition) is 4. The molecule has 0 bridgehead atoms. The van der Waals surface area contributed by atoms with Crippen molar-refractivity contribution >= 4 is 34.5 Å². The van der Waals surface area contributed by atoms with E-state index in [4.69, 9.17) is 16.3 Å². The van der Waals surface area contributed by atoms with Crippen LogP contribution in [0.4, 0.5) is 0 Å². The van der Waals surface area contributed by atoms with E-state index >= 15 is 0 Å². The number of ether oxygens (including phenoxy) is 1. The molecule has 0 saturated heterocycles. The van der Waals surface area contributed by atoms with Crippen LogP contribution in [0.15, 0.2) is 18.3 Å². The van der Waals surface area contributed by atoms with E-state index < -0.39 is 5.97 Å². The first-order valence-electron chi connectivity index (χ1n) is 5.88. The van der Waals surface area contributed by atoms with Crippen molar-refractivity contribution < 1.29 is 14.3 Å². The second kappa shape index (κ2) is 5.50. The fraction of sp³-hybridized carbons (Fsp3) is 0.308. The minimum atomic E-state index is -0.490. The van der Waals surface area contributed by atoms with Crippen molar-refractivity contribution in [1.82, 2.24) is 14.5 Å². The van der Waals surface area contributed by atoms with Gasteiger partial charge >= 0.3 is 5.97 Å². The first-order valence-corrected chi connectivity index (χ1v) is 6.25. The van der Waals surface area contributed by atoms with Crippen LogP contribution in [0.5, 0.6) is 0 Å². The summed E-state index contributed by atoms with van der Waals surface area (Å²) in [5, 5.41) is 0.781. The summed E-state index contributed by atoms with van der Waals surface area (Å²) < 4.78 is 6.37. The van der Waals surface area contributed by atoms with Crippen LogP contribution in [0.1, 0.15) is 10.4 Å². The van der Waals surface area contributed by atoms with Crippen molar-refractivity contribution in [3.05, 3.63) is 29.0 Å². The number of fused-ring (bicyclic) bond motifs is 1. The lowest BCUT2D eigenvalue weighted by Crippen LogP contribution is -2.26. The first-order chi connectivity index (χ1) is 9.43. The third-order valence-corrected chi connectivity index (χ3v) is 3.10. The molecule has 0 N–H and O–H groups in total. The summed E-state index contributed by atoms with van der Waals surface area (Å²) >= 11 is 5.93. The van der Waals surface area contributed by atoms with Gasteiger partial charge in [-0.2, -0.15) is 0 Å². The number of rotatable bonds is 3. The molecule has 2 heterocycles. The van der Waals surface area contributed by atoms with Crippen LogP contribution >= 0.6 is 11.6 Å². The molecule has 2 aromatic rings. The van der Waals surface area contributed by atoms with Gasteiger partial charge in [-0.05, 0) is 12.1 Å². The van der Waals surface area contributed by atoms with Gasteiger partial charge in [0.1, 0.15) is 17.3 Å². The van der Waals surface area contributed by atoms with Crippen molar-refractivity contribution in [3.8, 4) is 0 Å². The number of carbonyl (C=O) groups is 2. The van der Waals surface area contributed by atoms with Crippen LogP contribution in [0.25, 0.3) is 11.0 Å². The quantitative estimate of drug-likeness (QED) is 0.637. The van der Waals surface area contributed by atoms with Crippen molar-refractivity contribution in [2.45, 2.75) is 6.54 Å². The molecule has 1 amide bonds. The van der Waals surface area contributed by atoms with Crippen LogP contribution < -0.4 is 0 Å². The predicted molar refractivity (Wildman–Crippen MR) is 74.8 cm³/mol. The number of carbonyl (C=O) groups excluding carboxylic acids is 2. The maximum atomic E-state index is 11.8. The van der Waals surface area contributed by atoms with Crippen molar-refractivity contribution in [2.75, 3.05) is 21.2 Å². The highest BCUT2D eigenvalue weighted by atomic mass is 35.5. The van der Waals surface area contributed by atoms with Crippen molar-refractivity contribution in [1.29, 1.82) is 0 Å². The van der Waals surface area contributed by atoms with Crippen molar-refractivity contribution in [2.24, 2.45) is 0 Å². The van der Waals surface area contributed by atoms with Crippen LogP contribution in [0.3, 0.4) is 0 Å². The molecular weight excluding hydrogens is 282 g/mol. The monoisotopic (exact) mass is 295 g/mol. The Morgan fingerprint density at radius 2 is 2.15 bits per heavy atom. The zero-order valence-corrected chi connectivity index (χ0v) is 12.1. The lowest BCUT2D eigenvalue weighted by Gasteiger charge is -2.11. The molecule has 7 heteroatoms. The van der Waals surface area contributed by atoms with E-state index in [2.05, 4.69) is 4.98 Å². The highest BCUT2D eigenvalue weighted by molar-refractivity contribution is 6.30. The van der Waals surface area contributed by atoms with Gasteiger partial charge in [0.25, 0.3) is 0 Å². The van der Waals surface area contributed by atoms with Crippen LogP contribution in [0.2, 0.25) is 5.15 Å². The highest BCUT2D eigenvalue weighted by Crippen LogP contribution is 2.23. The maximum absolute atomic E-state index is 11.8. The van der Waals surface area contributed by atoms with E-state index in [1.54, 1.807) is 30.9 Å². The van der Waals surface area contributed by atoms with Gasteiger partial charge < -0.3 is 14.2 Å². The average molecular weight is 296 g/mol. The third kappa shape index (κ3) is 2.60. The molecule has 0 fully saturated rings. The summed E-state index contributed by atoms with van der Waals surface area (Å²) in [7, 11) is 4.65. The van der Waals surface area contributed by atoms with Gasteiger partial charge in [0, 0.05) is 25.7 Å². The fourth-order valence-electron chi connectivity index (χ4n) is 1.82. The maximum Gasteiger partial charge on any atom is 0.338 e. The summed E-state index contributed by atoms with van der Waals surface area (Å²) in [6.07, 6.45) is 1.70. The summed E-state index contributed by atoms with van der Waals surface area (Å²) in [5.41, 5.74) is 0.812. The average Bonchev–Trinajstić information content (AvgIpc) is 2.79. The van der Waals surface area contributed by atoms with E-state index in [1.807, 2.05) is 0 Å². The standard InChI is InChI=1S/C13H14ClN3O3/c1-16(2)11(18)7-17-5-4-8-9(13(19)20-3)6-10(14)15-12(8)17/h4-6H,7H2,1-3H3. The smallest absolute Gasteiger partial charge is 0.338 e.